The summed E-state index contributed by atoms with van der Waals surface area (Å²) in [5.41, 5.74) is 21.8. The van der Waals surface area contributed by atoms with E-state index >= 15 is 0 Å². The van der Waals surface area contributed by atoms with Crippen LogP contribution in [0.15, 0.2) is 188 Å². The normalized spacial score (nSPS) is 11.6. The van der Waals surface area contributed by atoms with Crippen LogP contribution in [-0.2, 0) is 12.8 Å². The maximum Gasteiger partial charge on any atom is -0.000727 e. The summed E-state index contributed by atoms with van der Waals surface area (Å²) in [5.74, 6) is 0. The molecule has 0 atom stereocenters. The van der Waals surface area contributed by atoms with Crippen LogP contribution in [0.1, 0.15) is 23.6 Å². The van der Waals surface area contributed by atoms with Gasteiger partial charge in [-0.2, -0.15) is 0 Å². The van der Waals surface area contributed by atoms with Crippen LogP contribution < -0.4 is 0 Å². The van der Waals surface area contributed by atoms with Crippen molar-refractivity contribution >= 4 is 0 Å². The predicted molar refractivity (Wildman–Crippen MR) is 217 cm³/mol. The summed E-state index contributed by atoms with van der Waals surface area (Å²) in [6, 6.07) is 69.4. The molecule has 0 radical (unpaired) electrons. The van der Waals surface area contributed by atoms with Crippen molar-refractivity contribution in [3.8, 4) is 77.9 Å². The average Bonchev–Trinajstić information content (AvgIpc) is 3.59. The third kappa shape index (κ3) is 6.00. The molecule has 0 fully saturated rings. The Morgan fingerprint density at radius 2 is 0.745 bits per heavy atom. The van der Waals surface area contributed by atoms with E-state index in [0.29, 0.717) is 0 Å². The van der Waals surface area contributed by atoms with Crippen molar-refractivity contribution in [2.75, 3.05) is 0 Å². The molecule has 0 N–H and O–H groups in total. The van der Waals surface area contributed by atoms with E-state index in [1.165, 1.54) is 94.6 Å². The van der Waals surface area contributed by atoms with Crippen molar-refractivity contribution in [3.63, 3.8) is 0 Å². The topological polar surface area (TPSA) is 0 Å². The van der Waals surface area contributed by atoms with Gasteiger partial charge < -0.3 is 0 Å². The van der Waals surface area contributed by atoms with Crippen LogP contribution >= 0.6 is 0 Å². The SMILES string of the molecule is CCc1cccc(-c2cccc(-c3cc(-c4cccc(-c5ccccc5)c4)cc4c3Cc3ccc(-c5cccc(-c6ccccc6)c5)cc3-4)c2)c1. The van der Waals surface area contributed by atoms with Gasteiger partial charge in [0.15, 0.2) is 0 Å². The fraction of sp³-hybridized carbons (Fsp3) is 0.0588. The van der Waals surface area contributed by atoms with E-state index in [2.05, 4.69) is 195 Å². The van der Waals surface area contributed by atoms with E-state index in [0.717, 1.165) is 12.8 Å². The van der Waals surface area contributed by atoms with E-state index in [4.69, 9.17) is 0 Å². The van der Waals surface area contributed by atoms with Gasteiger partial charge in [-0.25, -0.2) is 0 Å². The Hall–Kier alpha value is -6.24. The summed E-state index contributed by atoms with van der Waals surface area (Å²) < 4.78 is 0. The number of hydrogen-bond acceptors (Lipinski definition) is 0. The Bertz CT molecular complexity index is 2520. The molecule has 0 saturated heterocycles. The molecular formula is C51H38. The Kier molecular flexibility index (Phi) is 7.99. The van der Waals surface area contributed by atoms with Crippen LogP contribution in [0.2, 0.25) is 0 Å². The van der Waals surface area contributed by atoms with Crippen molar-refractivity contribution in [1.29, 1.82) is 0 Å². The van der Waals surface area contributed by atoms with Crippen LogP contribution in [0.3, 0.4) is 0 Å². The lowest BCUT2D eigenvalue weighted by atomic mass is 9.88. The van der Waals surface area contributed by atoms with E-state index in [-0.39, 0.29) is 0 Å². The first kappa shape index (κ1) is 30.8. The van der Waals surface area contributed by atoms with Crippen LogP contribution in [0.4, 0.5) is 0 Å². The van der Waals surface area contributed by atoms with Crippen LogP contribution in [-0.4, -0.2) is 0 Å². The number of hydrogen-bond donors (Lipinski definition) is 0. The smallest absolute Gasteiger partial charge is 0.000727 e. The van der Waals surface area contributed by atoms with E-state index in [1.807, 2.05) is 0 Å². The molecule has 242 valence electrons. The van der Waals surface area contributed by atoms with Crippen molar-refractivity contribution in [3.05, 3.63) is 205 Å². The highest BCUT2D eigenvalue weighted by Crippen LogP contribution is 2.46. The first-order valence-electron chi connectivity index (χ1n) is 18.0. The minimum Gasteiger partial charge on any atom is -0.0622 e. The zero-order valence-electron chi connectivity index (χ0n) is 28.8. The van der Waals surface area contributed by atoms with Gasteiger partial charge in [0.2, 0.25) is 0 Å². The molecule has 0 unspecified atom stereocenters. The molecular weight excluding hydrogens is 613 g/mol. The third-order valence-corrected chi connectivity index (χ3v) is 10.5. The Balaban J connectivity index is 1.20. The first-order chi connectivity index (χ1) is 25.2. The molecule has 9 rings (SSSR count). The number of fused-ring (bicyclic) bond motifs is 3. The zero-order chi connectivity index (χ0) is 34.1. The van der Waals surface area contributed by atoms with Crippen LogP contribution in [0.5, 0.6) is 0 Å². The van der Waals surface area contributed by atoms with Gasteiger partial charge in [0.05, 0.1) is 0 Å². The molecule has 0 saturated carbocycles. The molecule has 0 heteroatoms. The second kappa shape index (κ2) is 13.2. The van der Waals surface area contributed by atoms with Gasteiger partial charge in [0.25, 0.3) is 0 Å². The highest BCUT2D eigenvalue weighted by atomic mass is 14.3. The minimum absolute atomic E-state index is 0.921. The molecule has 1 aliphatic carbocycles. The van der Waals surface area contributed by atoms with E-state index in [1.54, 1.807) is 0 Å². The fourth-order valence-corrected chi connectivity index (χ4v) is 7.73. The fourth-order valence-electron chi connectivity index (χ4n) is 7.73. The Morgan fingerprint density at radius 1 is 0.314 bits per heavy atom. The van der Waals surface area contributed by atoms with Crippen molar-refractivity contribution in [1.82, 2.24) is 0 Å². The van der Waals surface area contributed by atoms with Gasteiger partial charge in [0.1, 0.15) is 0 Å². The standard InChI is InChI=1S/C51H38/c1-2-35-13-9-18-38(27-35)42-22-12-24-45(30-42)49-33-47(43-23-11-20-40(29-43)37-16-7-4-8-17-37)34-51-48-31-44(25-26-46(48)32-50(49)51)41-21-10-19-39(28-41)36-14-5-3-6-15-36/h3-31,33-34H,2,32H2,1H3. The lowest BCUT2D eigenvalue weighted by molar-refractivity contribution is 1.14. The molecule has 0 heterocycles. The minimum atomic E-state index is 0.921. The lowest BCUT2D eigenvalue weighted by Gasteiger charge is -2.15. The molecule has 0 nitrogen and oxygen atoms in total. The molecule has 51 heavy (non-hydrogen) atoms. The highest BCUT2D eigenvalue weighted by Gasteiger charge is 2.24. The first-order valence-corrected chi connectivity index (χ1v) is 18.0. The summed E-state index contributed by atoms with van der Waals surface area (Å²) in [6.45, 7) is 2.22. The van der Waals surface area contributed by atoms with Gasteiger partial charge in [-0.1, -0.05) is 159 Å². The molecule has 0 bridgehead atoms. The van der Waals surface area contributed by atoms with Gasteiger partial charge in [-0.3, -0.25) is 0 Å². The molecule has 0 aliphatic heterocycles. The lowest BCUT2D eigenvalue weighted by Crippen LogP contribution is -1.92. The third-order valence-electron chi connectivity index (χ3n) is 10.5. The Morgan fingerprint density at radius 3 is 1.35 bits per heavy atom. The maximum absolute atomic E-state index is 2.44. The summed E-state index contributed by atoms with van der Waals surface area (Å²) in [6.07, 6.45) is 1.95. The second-order valence-corrected chi connectivity index (χ2v) is 13.6. The number of rotatable bonds is 7. The van der Waals surface area contributed by atoms with Gasteiger partial charge in [-0.05, 0) is 144 Å². The average molecular weight is 651 g/mol. The monoisotopic (exact) mass is 650 g/mol. The van der Waals surface area contributed by atoms with Gasteiger partial charge in [-0.15, -0.1) is 0 Å². The number of benzene rings is 8. The van der Waals surface area contributed by atoms with Crippen LogP contribution in [0.25, 0.3) is 77.9 Å². The maximum atomic E-state index is 2.44. The second-order valence-electron chi connectivity index (χ2n) is 13.6. The molecule has 8 aromatic rings. The summed E-state index contributed by atoms with van der Waals surface area (Å²) in [5, 5.41) is 0. The van der Waals surface area contributed by atoms with Gasteiger partial charge >= 0.3 is 0 Å². The van der Waals surface area contributed by atoms with Crippen molar-refractivity contribution in [2.45, 2.75) is 19.8 Å². The summed E-state index contributed by atoms with van der Waals surface area (Å²) in [4.78, 5) is 0. The van der Waals surface area contributed by atoms with E-state index in [9.17, 15) is 0 Å². The Labute approximate surface area is 301 Å². The van der Waals surface area contributed by atoms with Crippen molar-refractivity contribution < 1.29 is 0 Å². The molecule has 0 spiro atoms. The highest BCUT2D eigenvalue weighted by molar-refractivity contribution is 5.92. The number of aryl methyl sites for hydroxylation is 1. The molecule has 0 amide bonds. The largest absolute Gasteiger partial charge is 0.0622 e. The van der Waals surface area contributed by atoms with Crippen molar-refractivity contribution in [2.24, 2.45) is 0 Å². The zero-order valence-corrected chi connectivity index (χ0v) is 28.8. The van der Waals surface area contributed by atoms with Gasteiger partial charge in [0, 0.05) is 0 Å². The summed E-state index contributed by atoms with van der Waals surface area (Å²) >= 11 is 0. The molecule has 8 aromatic carbocycles. The summed E-state index contributed by atoms with van der Waals surface area (Å²) in [7, 11) is 0. The quantitative estimate of drug-likeness (QED) is 0.161. The molecule has 0 aromatic heterocycles. The predicted octanol–water partition coefficient (Wildman–Crippen LogP) is 13.8. The van der Waals surface area contributed by atoms with Crippen LogP contribution in [0, 0.1) is 0 Å². The van der Waals surface area contributed by atoms with E-state index < -0.39 is 0 Å². The molecule has 1 aliphatic rings.